The van der Waals surface area contributed by atoms with Gasteiger partial charge in [0.25, 0.3) is 5.91 Å². The number of carboxylic acid groups (broad SMARTS) is 1. The minimum atomic E-state index is -4.48. The molecule has 0 bridgehead atoms. The number of hydrogen-bond donors (Lipinski definition) is 2. The lowest BCUT2D eigenvalue weighted by atomic mass is 9.49. The van der Waals surface area contributed by atoms with E-state index in [4.69, 9.17) is 5.11 Å². The van der Waals surface area contributed by atoms with Gasteiger partial charge < -0.3 is 10.4 Å². The number of nitrogens with zero attached hydrogens (tertiary/aromatic N) is 3. The summed E-state index contributed by atoms with van der Waals surface area (Å²) in [5.41, 5.74) is 1.04. The van der Waals surface area contributed by atoms with Crippen molar-refractivity contribution in [2.45, 2.75) is 50.9 Å². The maximum atomic E-state index is 14.0. The van der Waals surface area contributed by atoms with Crippen molar-refractivity contribution in [2.75, 3.05) is 0 Å². The number of amides is 1. The Morgan fingerprint density at radius 3 is 2.21 bits per heavy atom. The topological polar surface area (TPSA) is 97.1 Å². The van der Waals surface area contributed by atoms with Crippen molar-refractivity contribution in [2.24, 2.45) is 11.3 Å². The highest BCUT2D eigenvalue weighted by Crippen LogP contribution is 2.59. The monoisotopic (exact) mass is 584 g/mol. The zero-order chi connectivity index (χ0) is 29.8. The summed E-state index contributed by atoms with van der Waals surface area (Å²) in [4.78, 5) is 24.6. The molecule has 0 unspecified atom stereocenters. The van der Waals surface area contributed by atoms with E-state index in [1.54, 1.807) is 6.07 Å². The molecule has 42 heavy (non-hydrogen) atoms. The van der Waals surface area contributed by atoms with Gasteiger partial charge in [-0.25, -0.2) is 13.5 Å². The summed E-state index contributed by atoms with van der Waals surface area (Å²) >= 11 is 0. The molecular weight excluding hydrogens is 559 g/mol. The van der Waals surface area contributed by atoms with Gasteiger partial charge in [-0.3, -0.25) is 9.59 Å². The van der Waals surface area contributed by atoms with Gasteiger partial charge >= 0.3 is 12.1 Å². The number of carbonyl (C=O) groups is 2. The lowest BCUT2D eigenvalue weighted by Gasteiger charge is -2.57. The number of hydrogen-bond acceptors (Lipinski definition) is 4. The molecule has 0 saturated heterocycles. The Labute approximate surface area is 236 Å². The Bertz CT molecular complexity index is 1670. The zero-order valence-corrected chi connectivity index (χ0v) is 22.1. The molecule has 1 amide bonds. The van der Waals surface area contributed by atoms with Crippen LogP contribution in [0.5, 0.6) is 0 Å². The van der Waals surface area contributed by atoms with Crippen LogP contribution in [-0.4, -0.2) is 38.0 Å². The van der Waals surface area contributed by atoms with Crippen molar-refractivity contribution < 1.29 is 36.6 Å². The van der Waals surface area contributed by atoms with Crippen LogP contribution in [0.15, 0.2) is 54.6 Å². The number of fused-ring (bicyclic) bond motifs is 1. The Balaban J connectivity index is 1.29. The average Bonchev–Trinajstić information content (AvgIpc) is 3.27. The highest BCUT2D eigenvalue weighted by atomic mass is 19.4. The predicted octanol–water partition coefficient (Wildman–Crippen LogP) is 6.21. The first-order valence-corrected chi connectivity index (χ1v) is 13.4. The minimum Gasteiger partial charge on any atom is -0.481 e. The Hall–Kier alpha value is -4.35. The van der Waals surface area contributed by atoms with Gasteiger partial charge in [0.1, 0.15) is 22.7 Å². The highest BCUT2D eigenvalue weighted by Gasteiger charge is 2.53. The van der Waals surface area contributed by atoms with Gasteiger partial charge in [0.15, 0.2) is 0 Å². The molecule has 2 fully saturated rings. The number of carbonyl (C=O) groups excluding carboxylic acids is 1. The van der Waals surface area contributed by atoms with Crippen LogP contribution in [0.1, 0.15) is 53.6 Å². The summed E-state index contributed by atoms with van der Waals surface area (Å²) in [6, 6.07) is 10.5. The van der Waals surface area contributed by atoms with Crippen molar-refractivity contribution in [3.63, 3.8) is 0 Å². The number of nitrogens with one attached hydrogen (secondary N) is 1. The third kappa shape index (κ3) is 5.45. The van der Waals surface area contributed by atoms with E-state index in [1.807, 2.05) is 0 Å². The molecule has 1 heterocycles. The summed E-state index contributed by atoms with van der Waals surface area (Å²) < 4.78 is 68.5. The van der Waals surface area contributed by atoms with E-state index in [2.05, 4.69) is 15.6 Å². The first kappa shape index (κ1) is 27.8. The Morgan fingerprint density at radius 2 is 1.60 bits per heavy atom. The Morgan fingerprint density at radius 1 is 0.952 bits per heavy atom. The molecule has 7 nitrogen and oxygen atoms in total. The number of aliphatic carboxylic acids is 1. The van der Waals surface area contributed by atoms with Gasteiger partial charge in [0, 0.05) is 18.5 Å². The second-order valence-corrected chi connectivity index (χ2v) is 11.4. The number of aromatic nitrogens is 3. The lowest BCUT2D eigenvalue weighted by molar-refractivity contribution is -0.142. The zero-order valence-electron chi connectivity index (χ0n) is 22.1. The van der Waals surface area contributed by atoms with Crippen molar-refractivity contribution in [3.05, 3.63) is 82.9 Å². The summed E-state index contributed by atoms with van der Waals surface area (Å²) in [5.74, 6) is -2.70. The molecule has 218 valence electrons. The molecule has 0 radical (unpaired) electrons. The molecule has 2 aliphatic carbocycles. The van der Waals surface area contributed by atoms with Crippen LogP contribution < -0.4 is 5.32 Å². The maximum absolute atomic E-state index is 14.0. The van der Waals surface area contributed by atoms with Crippen LogP contribution in [0, 0.1) is 23.0 Å². The molecule has 2 saturated carbocycles. The fourth-order valence-electron chi connectivity index (χ4n) is 6.50. The van der Waals surface area contributed by atoms with Gasteiger partial charge in [-0.05, 0) is 90.1 Å². The maximum Gasteiger partial charge on any atom is 0.416 e. The molecule has 3 aromatic carbocycles. The first-order chi connectivity index (χ1) is 19.9. The SMILES string of the molecule is O=C(O)CC1CC2(C1)CC(NC(=O)c1cc(-c3cc(F)cc(F)c3)cc3nnn(Cc4ccc(C(F)(F)F)cc4)c13)C2. The van der Waals surface area contributed by atoms with Gasteiger partial charge in [-0.1, -0.05) is 17.3 Å². The van der Waals surface area contributed by atoms with Crippen molar-refractivity contribution >= 4 is 22.9 Å². The van der Waals surface area contributed by atoms with E-state index in [9.17, 15) is 31.5 Å². The summed E-state index contributed by atoms with van der Waals surface area (Å²) in [6.45, 7) is 0.0281. The molecule has 4 aromatic rings. The third-order valence-corrected chi connectivity index (χ3v) is 8.26. The van der Waals surface area contributed by atoms with Crippen LogP contribution in [0.25, 0.3) is 22.2 Å². The van der Waals surface area contributed by atoms with Gasteiger partial charge in [0.05, 0.1) is 17.7 Å². The number of carboxylic acids is 1. The highest BCUT2D eigenvalue weighted by molar-refractivity contribution is 6.06. The predicted molar refractivity (Wildman–Crippen MR) is 141 cm³/mol. The molecular formula is C30H25F5N4O3. The molecule has 1 aromatic heterocycles. The minimum absolute atomic E-state index is 0.0281. The van der Waals surface area contributed by atoms with Crippen molar-refractivity contribution in [1.29, 1.82) is 0 Å². The van der Waals surface area contributed by atoms with E-state index < -0.39 is 35.3 Å². The molecule has 0 atom stereocenters. The van der Waals surface area contributed by atoms with Crippen LogP contribution in [-0.2, 0) is 17.5 Å². The number of benzene rings is 3. The molecule has 12 heteroatoms. The van der Waals surface area contributed by atoms with Gasteiger partial charge in [-0.2, -0.15) is 13.2 Å². The fourth-order valence-corrected chi connectivity index (χ4v) is 6.50. The standard InChI is InChI=1S/C30H25F5N4O3/c31-21-6-18(7-22(32)10-21)19-8-24(28(42)36-23-13-29(14-23)11-17(12-29)5-26(40)41)27-25(9-19)37-38-39(27)15-16-1-3-20(4-2-16)30(33,34)35/h1-4,6-10,17,23H,5,11-15H2,(H,36,42)(H,40,41). The van der Waals surface area contributed by atoms with Crippen molar-refractivity contribution in [3.8, 4) is 11.1 Å². The summed E-state index contributed by atoms with van der Waals surface area (Å²) in [5, 5.41) is 20.3. The van der Waals surface area contributed by atoms with Crippen LogP contribution >= 0.6 is 0 Å². The van der Waals surface area contributed by atoms with E-state index in [1.165, 1.54) is 22.9 Å². The van der Waals surface area contributed by atoms with Crippen LogP contribution in [0.4, 0.5) is 22.0 Å². The molecule has 6 rings (SSSR count). The van der Waals surface area contributed by atoms with Crippen molar-refractivity contribution in [1.82, 2.24) is 20.3 Å². The summed E-state index contributed by atoms with van der Waals surface area (Å²) in [6.07, 6.45) is -1.29. The lowest BCUT2D eigenvalue weighted by Crippen LogP contribution is -2.56. The smallest absolute Gasteiger partial charge is 0.416 e. The third-order valence-electron chi connectivity index (χ3n) is 8.26. The van der Waals surface area contributed by atoms with E-state index in [-0.39, 0.29) is 47.0 Å². The number of alkyl halides is 3. The van der Waals surface area contributed by atoms with Crippen LogP contribution in [0.2, 0.25) is 0 Å². The molecule has 1 spiro atoms. The van der Waals surface area contributed by atoms with E-state index in [0.717, 1.165) is 56.0 Å². The van der Waals surface area contributed by atoms with E-state index >= 15 is 0 Å². The number of rotatable bonds is 7. The molecule has 2 aliphatic rings. The normalized spacial score (nSPS) is 21.6. The van der Waals surface area contributed by atoms with Gasteiger partial charge in [0.2, 0.25) is 0 Å². The van der Waals surface area contributed by atoms with Crippen LogP contribution in [0.3, 0.4) is 0 Å². The van der Waals surface area contributed by atoms with Gasteiger partial charge in [-0.15, -0.1) is 5.10 Å². The van der Waals surface area contributed by atoms with E-state index in [0.29, 0.717) is 16.6 Å². The second kappa shape index (κ2) is 10.2. The summed E-state index contributed by atoms with van der Waals surface area (Å²) in [7, 11) is 0. The second-order valence-electron chi connectivity index (χ2n) is 11.4. The Kier molecular flexibility index (Phi) is 6.74. The molecule has 0 aliphatic heterocycles. The largest absolute Gasteiger partial charge is 0.481 e. The molecule has 2 N–H and O–H groups in total. The average molecular weight is 585 g/mol. The number of halogens is 5. The fraction of sp³-hybridized carbons (Fsp3) is 0.333. The quantitative estimate of drug-likeness (QED) is 0.252. The first-order valence-electron chi connectivity index (χ1n) is 13.4.